The molecule has 2 aromatic rings. The molecule has 0 amide bonds. The number of rotatable bonds is 6. The lowest BCUT2D eigenvalue weighted by Gasteiger charge is -2.56. The van der Waals surface area contributed by atoms with E-state index in [1.54, 1.807) is 18.5 Å². The zero-order valence-electron chi connectivity index (χ0n) is 24.4. The molecule has 5 atom stereocenters. The number of fused-ring (bicyclic) bond motifs is 4. The van der Waals surface area contributed by atoms with Crippen LogP contribution in [0.5, 0.6) is 0 Å². The molecule has 2 saturated carbocycles. The van der Waals surface area contributed by atoms with Crippen LogP contribution < -0.4 is 0 Å². The van der Waals surface area contributed by atoms with E-state index in [0.717, 1.165) is 40.0 Å². The summed E-state index contributed by atoms with van der Waals surface area (Å²) in [5, 5.41) is 11.4. The Kier molecular flexibility index (Phi) is 7.44. The van der Waals surface area contributed by atoms with Gasteiger partial charge in [-0.3, -0.25) is 14.7 Å². The van der Waals surface area contributed by atoms with Gasteiger partial charge in [0.15, 0.2) is 5.78 Å². The van der Waals surface area contributed by atoms with Crippen LogP contribution in [-0.2, 0) is 17.9 Å². The molecule has 1 aromatic carbocycles. The topological polar surface area (TPSA) is 53.4 Å². The zero-order valence-corrected chi connectivity index (χ0v) is 24.4. The molecule has 1 heterocycles. The molecule has 0 radical (unpaired) electrons. The van der Waals surface area contributed by atoms with E-state index in [0.29, 0.717) is 32.2 Å². The summed E-state index contributed by atoms with van der Waals surface area (Å²) in [4.78, 5) is 18.5. The Morgan fingerprint density at radius 2 is 1.60 bits per heavy atom. The Labute approximate surface area is 248 Å². The normalized spacial score (nSPS) is 31.0. The third-order valence-corrected chi connectivity index (χ3v) is 10.8. The molecule has 2 fully saturated rings. The van der Waals surface area contributed by atoms with Crippen LogP contribution in [-0.4, -0.2) is 45.5 Å². The van der Waals surface area contributed by atoms with Crippen molar-refractivity contribution in [2.45, 2.75) is 88.6 Å². The van der Waals surface area contributed by atoms with E-state index in [2.05, 4.69) is 9.88 Å². The van der Waals surface area contributed by atoms with E-state index in [9.17, 15) is 23.1 Å². The average Bonchev–Trinajstić information content (AvgIpc) is 3.24. The lowest BCUT2D eigenvalue weighted by molar-refractivity contribution is -0.362. The van der Waals surface area contributed by atoms with Gasteiger partial charge in [0.05, 0.1) is 0 Å². The smallest absolute Gasteiger partial charge is 0.383 e. The van der Waals surface area contributed by atoms with Crippen molar-refractivity contribution in [3.05, 3.63) is 88.3 Å². The molecule has 9 heteroatoms. The molecule has 0 bridgehead atoms. The molecule has 6 rings (SSSR count). The highest BCUT2D eigenvalue weighted by molar-refractivity contribution is 5.93. The number of carbonyl (C=O) groups is 1. The van der Waals surface area contributed by atoms with Gasteiger partial charge >= 0.3 is 12.1 Å². The van der Waals surface area contributed by atoms with Gasteiger partial charge in [-0.2, -0.15) is 22.0 Å². The predicted octanol–water partition coefficient (Wildman–Crippen LogP) is 7.54. The number of alkyl halides is 5. The SMILES string of the molecule is CN(Cc1ccncc1)Cc1ccc([C@H]2C[C@@]3(C)[C@@H](CC[C@]3(O)C(F)(F)C(F)(F)F)[C@@H]3CCC4=CC(=O)CCC4=C32)cc1. The van der Waals surface area contributed by atoms with Gasteiger partial charge in [0.25, 0.3) is 0 Å². The number of hydrogen-bond acceptors (Lipinski definition) is 4. The molecule has 4 nitrogen and oxygen atoms in total. The van der Waals surface area contributed by atoms with E-state index < -0.39 is 41.4 Å². The zero-order chi connectivity index (χ0) is 30.8. The van der Waals surface area contributed by atoms with Gasteiger partial charge in [0.2, 0.25) is 0 Å². The van der Waals surface area contributed by atoms with E-state index in [1.807, 2.05) is 43.4 Å². The van der Waals surface area contributed by atoms with Gasteiger partial charge in [-0.15, -0.1) is 0 Å². The van der Waals surface area contributed by atoms with Crippen molar-refractivity contribution in [1.29, 1.82) is 0 Å². The second kappa shape index (κ2) is 10.6. The lowest BCUT2D eigenvalue weighted by atomic mass is 9.50. The van der Waals surface area contributed by atoms with Crippen molar-refractivity contribution in [3.63, 3.8) is 0 Å². The van der Waals surface area contributed by atoms with Gasteiger partial charge in [-0.25, -0.2) is 0 Å². The summed E-state index contributed by atoms with van der Waals surface area (Å²) < 4.78 is 71.8. The summed E-state index contributed by atoms with van der Waals surface area (Å²) in [5.41, 5.74) is 1.28. The molecular formula is C34H37F5N2O2. The first-order valence-corrected chi connectivity index (χ1v) is 15.0. The van der Waals surface area contributed by atoms with E-state index in [-0.39, 0.29) is 24.5 Å². The monoisotopic (exact) mass is 600 g/mol. The lowest BCUT2D eigenvalue weighted by Crippen LogP contribution is -2.65. The van der Waals surface area contributed by atoms with Gasteiger partial charge in [0.1, 0.15) is 5.60 Å². The van der Waals surface area contributed by atoms with Gasteiger partial charge in [0, 0.05) is 43.2 Å². The minimum atomic E-state index is -5.86. The highest BCUT2D eigenvalue weighted by atomic mass is 19.4. The van der Waals surface area contributed by atoms with Crippen LogP contribution in [0.2, 0.25) is 0 Å². The third-order valence-electron chi connectivity index (χ3n) is 10.8. The van der Waals surface area contributed by atoms with Crippen LogP contribution in [0.1, 0.15) is 74.5 Å². The van der Waals surface area contributed by atoms with Gasteiger partial charge in [-0.1, -0.05) is 36.8 Å². The van der Waals surface area contributed by atoms with Crippen LogP contribution in [0.15, 0.2) is 71.6 Å². The van der Waals surface area contributed by atoms with E-state index >= 15 is 8.78 Å². The molecular weight excluding hydrogens is 563 g/mol. The number of ketones is 1. The maximum absolute atomic E-state index is 15.2. The minimum Gasteiger partial charge on any atom is -0.383 e. The fourth-order valence-electron chi connectivity index (χ4n) is 8.74. The summed E-state index contributed by atoms with van der Waals surface area (Å²) in [7, 11) is 2.01. The van der Waals surface area contributed by atoms with Gasteiger partial charge in [-0.05, 0) is 103 Å². The number of carbonyl (C=O) groups excluding carboxylic acids is 1. The number of aromatic nitrogens is 1. The quantitative estimate of drug-likeness (QED) is 0.348. The molecule has 0 unspecified atom stereocenters. The second-order valence-corrected chi connectivity index (χ2v) is 13.2. The van der Waals surface area contributed by atoms with Crippen molar-refractivity contribution in [3.8, 4) is 0 Å². The molecule has 43 heavy (non-hydrogen) atoms. The average molecular weight is 601 g/mol. The van der Waals surface area contributed by atoms with Gasteiger partial charge < -0.3 is 5.11 Å². The maximum atomic E-state index is 15.2. The maximum Gasteiger partial charge on any atom is 0.456 e. The van der Waals surface area contributed by atoms with Crippen molar-refractivity contribution in [2.75, 3.05) is 7.05 Å². The Balaban J connectivity index is 1.37. The van der Waals surface area contributed by atoms with Crippen molar-refractivity contribution < 1.29 is 31.9 Å². The number of benzene rings is 1. The molecule has 1 aromatic heterocycles. The number of pyridine rings is 1. The van der Waals surface area contributed by atoms with E-state index in [4.69, 9.17) is 0 Å². The summed E-state index contributed by atoms with van der Waals surface area (Å²) >= 11 is 0. The summed E-state index contributed by atoms with van der Waals surface area (Å²) in [6.45, 7) is 2.84. The molecule has 0 saturated heterocycles. The van der Waals surface area contributed by atoms with Crippen LogP contribution in [0, 0.1) is 17.3 Å². The van der Waals surface area contributed by atoms with Crippen molar-refractivity contribution in [2.24, 2.45) is 17.3 Å². The number of aliphatic hydroxyl groups is 1. The fourth-order valence-corrected chi connectivity index (χ4v) is 8.74. The number of hydrogen-bond donors (Lipinski definition) is 1. The molecule has 4 aliphatic carbocycles. The highest BCUT2D eigenvalue weighted by Gasteiger charge is 2.79. The first kappa shape index (κ1) is 30.1. The Morgan fingerprint density at radius 3 is 2.26 bits per heavy atom. The fraction of sp³-hybridized carbons (Fsp3) is 0.529. The van der Waals surface area contributed by atoms with Crippen LogP contribution >= 0.6 is 0 Å². The first-order chi connectivity index (χ1) is 20.2. The minimum absolute atomic E-state index is 0.0162. The molecule has 0 spiro atoms. The van der Waals surface area contributed by atoms with Crippen LogP contribution in [0.4, 0.5) is 22.0 Å². The molecule has 0 aliphatic heterocycles. The van der Waals surface area contributed by atoms with Crippen LogP contribution in [0.25, 0.3) is 0 Å². The Hall–Kier alpha value is -2.91. The number of allylic oxidation sites excluding steroid dienone is 4. The molecule has 230 valence electrons. The Bertz CT molecular complexity index is 1450. The van der Waals surface area contributed by atoms with Crippen molar-refractivity contribution >= 4 is 5.78 Å². The third kappa shape index (κ3) is 4.87. The Morgan fingerprint density at radius 1 is 0.953 bits per heavy atom. The molecule has 1 N–H and O–H groups in total. The van der Waals surface area contributed by atoms with Crippen molar-refractivity contribution in [1.82, 2.24) is 9.88 Å². The number of halogens is 5. The number of nitrogens with zero attached hydrogens (tertiary/aromatic N) is 2. The first-order valence-electron chi connectivity index (χ1n) is 15.0. The standard InChI is InChI=1S/C34H37F5N2O2/c1-31-18-28(23-5-3-21(4-6-23)19-41(2)20-22-12-15-40-16-13-22)30-26-10-8-25(42)17-24(26)7-9-27(30)29(31)11-14-32(31,43)33(35,36)34(37,38)39/h3-6,12-13,15-17,27-29,43H,7-11,14,18-20H2,1-2H3/t27-,28+,29-,31-,32+/m0/s1. The summed E-state index contributed by atoms with van der Waals surface area (Å²) in [6, 6.07) is 11.8. The summed E-state index contributed by atoms with van der Waals surface area (Å²) in [6.07, 6.45) is 0.898. The van der Waals surface area contributed by atoms with Crippen LogP contribution in [0.3, 0.4) is 0 Å². The largest absolute Gasteiger partial charge is 0.456 e. The highest BCUT2D eigenvalue weighted by Crippen LogP contribution is 2.70. The molecule has 4 aliphatic rings. The predicted molar refractivity (Wildman–Crippen MR) is 152 cm³/mol. The van der Waals surface area contributed by atoms with E-state index in [1.165, 1.54) is 6.92 Å². The summed E-state index contributed by atoms with van der Waals surface area (Å²) in [5.74, 6) is -6.34. The second-order valence-electron chi connectivity index (χ2n) is 13.2.